The summed E-state index contributed by atoms with van der Waals surface area (Å²) in [7, 11) is 1.73. The zero-order valence-electron chi connectivity index (χ0n) is 14.7. The minimum Gasteiger partial charge on any atom is -0.270 e. The second-order valence-corrected chi connectivity index (χ2v) is 5.43. The SMILES string of the molecule is C=C/C=C\c1cc(/C=C/C=C(CCl)/C(=N/C)/N=C/CC)ccc1C. The highest BCUT2D eigenvalue weighted by atomic mass is 35.5. The Morgan fingerprint density at radius 2 is 2.04 bits per heavy atom. The van der Waals surface area contributed by atoms with Crippen LogP contribution < -0.4 is 0 Å². The maximum atomic E-state index is 6.03. The molecule has 0 bridgehead atoms. The average molecular weight is 341 g/mol. The number of benzene rings is 1. The number of allylic oxidation sites excluding steroid dienone is 4. The Morgan fingerprint density at radius 1 is 1.25 bits per heavy atom. The largest absolute Gasteiger partial charge is 0.270 e. The van der Waals surface area contributed by atoms with Crippen LogP contribution in [0.4, 0.5) is 0 Å². The van der Waals surface area contributed by atoms with Crippen LogP contribution in [0.3, 0.4) is 0 Å². The molecule has 1 aromatic rings. The number of aliphatic imine (C=N–C) groups is 2. The molecular formula is C21H25ClN2. The van der Waals surface area contributed by atoms with Crippen molar-refractivity contribution >= 4 is 35.8 Å². The molecule has 0 aliphatic carbocycles. The fraction of sp³-hybridized carbons (Fsp3) is 0.238. The fourth-order valence-electron chi connectivity index (χ4n) is 2.03. The van der Waals surface area contributed by atoms with Crippen LogP contribution in [-0.2, 0) is 0 Å². The minimum atomic E-state index is 0.374. The van der Waals surface area contributed by atoms with Gasteiger partial charge in [0.1, 0.15) is 0 Å². The van der Waals surface area contributed by atoms with Gasteiger partial charge in [-0.05, 0) is 36.1 Å². The zero-order valence-corrected chi connectivity index (χ0v) is 15.4. The highest BCUT2D eigenvalue weighted by Crippen LogP contribution is 2.15. The van der Waals surface area contributed by atoms with Crippen LogP contribution >= 0.6 is 11.6 Å². The number of hydrogen-bond donors (Lipinski definition) is 0. The van der Waals surface area contributed by atoms with Gasteiger partial charge >= 0.3 is 0 Å². The number of alkyl halides is 1. The normalized spacial score (nSPS) is 13.5. The highest BCUT2D eigenvalue weighted by Gasteiger charge is 2.01. The van der Waals surface area contributed by atoms with E-state index >= 15 is 0 Å². The van der Waals surface area contributed by atoms with E-state index in [1.807, 2.05) is 37.4 Å². The van der Waals surface area contributed by atoms with Gasteiger partial charge < -0.3 is 0 Å². The maximum absolute atomic E-state index is 6.03. The number of nitrogens with zero attached hydrogens (tertiary/aromatic N) is 2. The topological polar surface area (TPSA) is 24.7 Å². The summed E-state index contributed by atoms with van der Waals surface area (Å²) in [4.78, 5) is 8.53. The van der Waals surface area contributed by atoms with E-state index in [9.17, 15) is 0 Å². The van der Waals surface area contributed by atoms with Gasteiger partial charge in [0.05, 0.1) is 5.88 Å². The van der Waals surface area contributed by atoms with Crippen LogP contribution in [0.15, 0.2) is 64.6 Å². The minimum absolute atomic E-state index is 0.374. The molecule has 0 radical (unpaired) electrons. The first-order valence-electron chi connectivity index (χ1n) is 7.98. The summed E-state index contributed by atoms with van der Waals surface area (Å²) in [5.74, 6) is 1.05. The number of amidine groups is 1. The van der Waals surface area contributed by atoms with Crippen LogP contribution in [0.2, 0.25) is 0 Å². The Kier molecular flexibility index (Phi) is 9.40. The lowest BCUT2D eigenvalue weighted by atomic mass is 10.0. The van der Waals surface area contributed by atoms with E-state index < -0.39 is 0 Å². The van der Waals surface area contributed by atoms with Gasteiger partial charge in [0.25, 0.3) is 0 Å². The van der Waals surface area contributed by atoms with E-state index in [0.29, 0.717) is 11.7 Å². The summed E-state index contributed by atoms with van der Waals surface area (Å²) in [5.41, 5.74) is 4.44. The summed E-state index contributed by atoms with van der Waals surface area (Å²) >= 11 is 6.03. The van der Waals surface area contributed by atoms with Crippen molar-refractivity contribution in [2.75, 3.05) is 12.9 Å². The van der Waals surface area contributed by atoms with Crippen LogP contribution in [-0.4, -0.2) is 25.0 Å². The van der Waals surface area contributed by atoms with Gasteiger partial charge in [0, 0.05) is 18.8 Å². The van der Waals surface area contributed by atoms with Gasteiger partial charge in [-0.3, -0.25) is 4.99 Å². The first kappa shape index (κ1) is 19.9. The molecule has 0 fully saturated rings. The smallest absolute Gasteiger partial charge is 0.150 e. The Balaban J connectivity index is 3.00. The molecule has 2 nitrogen and oxygen atoms in total. The molecule has 126 valence electrons. The first-order chi connectivity index (χ1) is 11.7. The summed E-state index contributed by atoms with van der Waals surface area (Å²) < 4.78 is 0. The lowest BCUT2D eigenvalue weighted by Crippen LogP contribution is -2.01. The molecule has 1 aromatic carbocycles. The second-order valence-electron chi connectivity index (χ2n) is 5.16. The third kappa shape index (κ3) is 6.51. The molecule has 0 aromatic heterocycles. The zero-order chi connectivity index (χ0) is 17.8. The number of hydrogen-bond acceptors (Lipinski definition) is 1. The second kappa shape index (κ2) is 11.4. The van der Waals surface area contributed by atoms with E-state index in [1.165, 1.54) is 11.1 Å². The van der Waals surface area contributed by atoms with Crippen molar-refractivity contribution in [3.8, 4) is 0 Å². The molecule has 0 atom stereocenters. The molecule has 0 saturated carbocycles. The Hall–Kier alpha value is -2.19. The summed E-state index contributed by atoms with van der Waals surface area (Å²) in [6.07, 6.45) is 14.5. The lowest BCUT2D eigenvalue weighted by molar-refractivity contribution is 1.30. The van der Waals surface area contributed by atoms with Crippen LogP contribution in [0.25, 0.3) is 12.2 Å². The Morgan fingerprint density at radius 3 is 2.67 bits per heavy atom. The highest BCUT2D eigenvalue weighted by molar-refractivity contribution is 6.23. The van der Waals surface area contributed by atoms with Crippen LogP contribution in [0.1, 0.15) is 30.0 Å². The van der Waals surface area contributed by atoms with Crippen molar-refractivity contribution in [2.24, 2.45) is 9.98 Å². The van der Waals surface area contributed by atoms with Crippen molar-refractivity contribution in [1.82, 2.24) is 0 Å². The van der Waals surface area contributed by atoms with Gasteiger partial charge in [-0.15, -0.1) is 11.6 Å². The molecule has 0 amide bonds. The van der Waals surface area contributed by atoms with E-state index in [2.05, 4.69) is 47.8 Å². The Labute approximate surface area is 150 Å². The maximum Gasteiger partial charge on any atom is 0.150 e. The molecule has 0 spiro atoms. The summed E-state index contributed by atoms with van der Waals surface area (Å²) in [6, 6.07) is 6.35. The van der Waals surface area contributed by atoms with Crippen LogP contribution in [0, 0.1) is 6.92 Å². The predicted octanol–water partition coefficient (Wildman–Crippen LogP) is 5.88. The van der Waals surface area contributed by atoms with Crippen molar-refractivity contribution in [1.29, 1.82) is 0 Å². The van der Waals surface area contributed by atoms with Crippen molar-refractivity contribution in [3.05, 3.63) is 71.3 Å². The van der Waals surface area contributed by atoms with E-state index in [-0.39, 0.29) is 0 Å². The first-order valence-corrected chi connectivity index (χ1v) is 8.52. The molecule has 0 N–H and O–H groups in total. The number of rotatable bonds is 7. The summed E-state index contributed by atoms with van der Waals surface area (Å²) in [5, 5.41) is 0. The van der Waals surface area contributed by atoms with Crippen molar-refractivity contribution in [3.63, 3.8) is 0 Å². The molecule has 0 saturated heterocycles. The molecular weight excluding hydrogens is 316 g/mol. The monoisotopic (exact) mass is 340 g/mol. The molecule has 0 aliphatic heterocycles. The van der Waals surface area contributed by atoms with Crippen molar-refractivity contribution < 1.29 is 0 Å². The van der Waals surface area contributed by atoms with Gasteiger partial charge in [-0.2, -0.15) is 0 Å². The predicted molar refractivity (Wildman–Crippen MR) is 110 cm³/mol. The standard InChI is InChI=1S/C21H25ClN2/c1-5-7-10-19-15-18(13-12-17(19)3)9-8-11-20(16-22)21(23-4)24-14-6-2/h5,7-15H,1,6,16H2,2-4H3/b9-8+,10-7-,20-11+,23-21-,24-14+. The lowest BCUT2D eigenvalue weighted by Gasteiger charge is -2.03. The van der Waals surface area contributed by atoms with Gasteiger partial charge in [-0.25, -0.2) is 4.99 Å². The fourth-order valence-corrected chi connectivity index (χ4v) is 2.24. The quantitative estimate of drug-likeness (QED) is 0.256. The van der Waals surface area contributed by atoms with E-state index in [1.54, 1.807) is 13.1 Å². The Bertz CT molecular complexity index is 692. The van der Waals surface area contributed by atoms with Crippen LogP contribution in [0.5, 0.6) is 0 Å². The average Bonchev–Trinajstić information content (AvgIpc) is 2.60. The third-order valence-electron chi connectivity index (χ3n) is 3.34. The third-order valence-corrected chi connectivity index (χ3v) is 3.63. The van der Waals surface area contributed by atoms with E-state index in [0.717, 1.165) is 17.6 Å². The molecule has 3 heteroatoms. The van der Waals surface area contributed by atoms with Gasteiger partial charge in [-0.1, -0.05) is 62.1 Å². The van der Waals surface area contributed by atoms with E-state index in [4.69, 9.17) is 11.6 Å². The van der Waals surface area contributed by atoms with Gasteiger partial charge in [0.15, 0.2) is 5.84 Å². The van der Waals surface area contributed by atoms with Crippen molar-refractivity contribution in [2.45, 2.75) is 20.3 Å². The molecule has 0 aliphatic rings. The summed E-state index contributed by atoms with van der Waals surface area (Å²) in [6.45, 7) is 7.84. The number of aryl methyl sites for hydroxylation is 1. The molecule has 1 rings (SSSR count). The number of halogens is 1. The molecule has 0 unspecified atom stereocenters. The molecule has 0 heterocycles. The molecule has 24 heavy (non-hydrogen) atoms. The van der Waals surface area contributed by atoms with Gasteiger partial charge in [0.2, 0.25) is 0 Å².